The minimum atomic E-state index is 0.696. The number of fused-ring (bicyclic) bond motifs is 1. The molecular weight excluding hydrogens is 220 g/mol. The van der Waals surface area contributed by atoms with Crippen molar-refractivity contribution in [1.29, 1.82) is 0 Å². The Morgan fingerprint density at radius 3 is 3.25 bits per heavy atom. The molecule has 0 aromatic carbocycles. The molecule has 1 saturated heterocycles. The number of hydrogen-bond donors (Lipinski definition) is 1. The first-order chi connectivity index (χ1) is 7.83. The smallest absolute Gasteiger partial charge is 0.178 e. The molecule has 1 fully saturated rings. The van der Waals surface area contributed by atoms with Gasteiger partial charge in [-0.2, -0.15) is 16.9 Å². The van der Waals surface area contributed by atoms with E-state index in [1.54, 1.807) is 4.52 Å². The number of anilines is 1. The third-order valence-corrected chi connectivity index (χ3v) is 4.16. The third kappa shape index (κ3) is 1.75. The van der Waals surface area contributed by atoms with Crippen LogP contribution in [0.2, 0.25) is 0 Å². The van der Waals surface area contributed by atoms with Gasteiger partial charge in [0.25, 0.3) is 0 Å². The Balaban J connectivity index is 1.90. The molecule has 0 aliphatic carbocycles. The molecule has 0 saturated carbocycles. The predicted molar refractivity (Wildman–Crippen MR) is 66.5 cm³/mol. The molecular formula is C11H14N4S. The molecule has 3 rings (SSSR count). The molecule has 0 bridgehead atoms. The number of nitrogens with zero attached hydrogens (tertiary/aromatic N) is 3. The Kier molecular flexibility index (Phi) is 2.47. The molecule has 0 radical (unpaired) electrons. The maximum atomic E-state index is 5.85. The summed E-state index contributed by atoms with van der Waals surface area (Å²) in [6, 6.07) is 3.76. The summed E-state index contributed by atoms with van der Waals surface area (Å²) in [5, 5.41) is 4.45. The van der Waals surface area contributed by atoms with Gasteiger partial charge in [-0.05, 0) is 36.0 Å². The van der Waals surface area contributed by atoms with Crippen LogP contribution in [-0.4, -0.2) is 26.1 Å². The van der Waals surface area contributed by atoms with Crippen molar-refractivity contribution in [3.63, 3.8) is 0 Å². The van der Waals surface area contributed by atoms with Crippen LogP contribution >= 0.6 is 11.8 Å². The van der Waals surface area contributed by atoms with E-state index in [2.05, 4.69) is 10.1 Å². The average Bonchev–Trinajstić information content (AvgIpc) is 2.88. The van der Waals surface area contributed by atoms with Gasteiger partial charge in [0.15, 0.2) is 11.5 Å². The van der Waals surface area contributed by atoms with E-state index in [1.807, 2.05) is 30.1 Å². The molecule has 84 valence electrons. The minimum Gasteiger partial charge on any atom is -0.396 e. The van der Waals surface area contributed by atoms with E-state index < -0.39 is 0 Å². The molecule has 2 aromatic heterocycles. The van der Waals surface area contributed by atoms with Gasteiger partial charge in [-0.15, -0.1) is 0 Å². The zero-order valence-electron chi connectivity index (χ0n) is 8.97. The van der Waals surface area contributed by atoms with Crippen LogP contribution in [0.1, 0.15) is 12.2 Å². The summed E-state index contributed by atoms with van der Waals surface area (Å²) in [6.45, 7) is 0. The number of thioether (sulfide) groups is 1. The minimum absolute atomic E-state index is 0.696. The van der Waals surface area contributed by atoms with Crippen molar-refractivity contribution in [1.82, 2.24) is 14.6 Å². The lowest BCUT2D eigenvalue weighted by atomic mass is 10.1. The van der Waals surface area contributed by atoms with Crippen LogP contribution in [0.4, 0.5) is 5.69 Å². The standard InChI is InChI=1S/C11H14N4S/c12-9-2-1-4-15-11(9)13-10(14-15)6-8-3-5-16-7-8/h1-2,4,8H,3,5-7,12H2. The highest BCUT2D eigenvalue weighted by atomic mass is 32.2. The summed E-state index contributed by atoms with van der Waals surface area (Å²) < 4.78 is 1.77. The highest BCUT2D eigenvalue weighted by molar-refractivity contribution is 7.99. The van der Waals surface area contributed by atoms with Crippen molar-refractivity contribution in [3.05, 3.63) is 24.2 Å². The number of rotatable bonds is 2. The van der Waals surface area contributed by atoms with Gasteiger partial charge in [0, 0.05) is 12.6 Å². The van der Waals surface area contributed by atoms with Crippen molar-refractivity contribution in [2.75, 3.05) is 17.2 Å². The second kappa shape index (κ2) is 3.97. The monoisotopic (exact) mass is 234 g/mol. The van der Waals surface area contributed by atoms with Crippen molar-refractivity contribution >= 4 is 23.1 Å². The van der Waals surface area contributed by atoms with Gasteiger partial charge in [-0.25, -0.2) is 9.50 Å². The van der Waals surface area contributed by atoms with E-state index in [4.69, 9.17) is 5.73 Å². The maximum absolute atomic E-state index is 5.85. The van der Waals surface area contributed by atoms with E-state index in [-0.39, 0.29) is 0 Å². The van der Waals surface area contributed by atoms with Crippen molar-refractivity contribution in [2.24, 2.45) is 5.92 Å². The van der Waals surface area contributed by atoms with Gasteiger partial charge >= 0.3 is 0 Å². The summed E-state index contributed by atoms with van der Waals surface area (Å²) in [6.07, 6.45) is 4.16. The molecule has 1 aliphatic heterocycles. The molecule has 0 amide bonds. The Hall–Kier alpha value is -1.23. The molecule has 2 N–H and O–H groups in total. The molecule has 1 unspecified atom stereocenters. The van der Waals surface area contributed by atoms with Crippen LogP contribution in [0.5, 0.6) is 0 Å². The van der Waals surface area contributed by atoms with Gasteiger partial charge in [0.05, 0.1) is 5.69 Å². The zero-order valence-corrected chi connectivity index (χ0v) is 9.78. The van der Waals surface area contributed by atoms with Crippen molar-refractivity contribution < 1.29 is 0 Å². The number of pyridine rings is 1. The number of hydrogen-bond acceptors (Lipinski definition) is 4. The molecule has 4 nitrogen and oxygen atoms in total. The highest BCUT2D eigenvalue weighted by Crippen LogP contribution is 2.26. The van der Waals surface area contributed by atoms with Gasteiger partial charge < -0.3 is 5.73 Å². The van der Waals surface area contributed by atoms with E-state index in [9.17, 15) is 0 Å². The van der Waals surface area contributed by atoms with Crippen LogP contribution in [-0.2, 0) is 6.42 Å². The fourth-order valence-corrected chi connectivity index (χ4v) is 3.34. The molecule has 2 aromatic rings. The van der Waals surface area contributed by atoms with Crippen molar-refractivity contribution in [3.8, 4) is 0 Å². The summed E-state index contributed by atoms with van der Waals surface area (Å²) in [7, 11) is 0. The summed E-state index contributed by atoms with van der Waals surface area (Å²) in [4.78, 5) is 4.49. The summed E-state index contributed by atoms with van der Waals surface area (Å²) >= 11 is 2.02. The van der Waals surface area contributed by atoms with Gasteiger partial charge in [0.2, 0.25) is 0 Å². The Labute approximate surface area is 98.2 Å². The van der Waals surface area contributed by atoms with Gasteiger partial charge in [0.1, 0.15) is 0 Å². The predicted octanol–water partition coefficient (Wildman–Crippen LogP) is 1.61. The average molecular weight is 234 g/mol. The van der Waals surface area contributed by atoms with E-state index in [0.717, 1.165) is 23.8 Å². The Morgan fingerprint density at radius 1 is 1.56 bits per heavy atom. The second-order valence-electron chi connectivity index (χ2n) is 4.19. The Bertz CT molecular complexity index is 502. The normalized spacial score (nSPS) is 20.6. The molecule has 16 heavy (non-hydrogen) atoms. The zero-order chi connectivity index (χ0) is 11.0. The quantitative estimate of drug-likeness (QED) is 0.857. The summed E-state index contributed by atoms with van der Waals surface area (Å²) in [5.74, 6) is 4.18. The van der Waals surface area contributed by atoms with Crippen LogP contribution in [0.15, 0.2) is 18.3 Å². The second-order valence-corrected chi connectivity index (χ2v) is 5.34. The lowest BCUT2D eigenvalue weighted by Gasteiger charge is -2.02. The lowest BCUT2D eigenvalue weighted by molar-refractivity contribution is 0.575. The molecule has 3 heterocycles. The first-order valence-corrected chi connectivity index (χ1v) is 6.66. The molecule has 0 spiro atoms. The van der Waals surface area contributed by atoms with Crippen molar-refractivity contribution in [2.45, 2.75) is 12.8 Å². The maximum Gasteiger partial charge on any atom is 0.178 e. The first kappa shape index (κ1) is 9.96. The number of aromatic nitrogens is 3. The van der Waals surface area contributed by atoms with Gasteiger partial charge in [-0.3, -0.25) is 0 Å². The number of nitrogens with two attached hydrogens (primary N) is 1. The first-order valence-electron chi connectivity index (χ1n) is 5.50. The lowest BCUT2D eigenvalue weighted by Crippen LogP contribution is -2.04. The van der Waals surface area contributed by atoms with E-state index >= 15 is 0 Å². The molecule has 1 atom stereocenters. The van der Waals surface area contributed by atoms with E-state index in [1.165, 1.54) is 17.9 Å². The fourth-order valence-electron chi connectivity index (χ4n) is 2.06. The Morgan fingerprint density at radius 2 is 2.50 bits per heavy atom. The fraction of sp³-hybridized carbons (Fsp3) is 0.455. The topological polar surface area (TPSA) is 56.2 Å². The molecule has 5 heteroatoms. The number of nitrogen functional groups attached to an aromatic ring is 1. The largest absolute Gasteiger partial charge is 0.396 e. The molecule has 1 aliphatic rings. The van der Waals surface area contributed by atoms with Crippen LogP contribution in [0, 0.1) is 5.92 Å². The van der Waals surface area contributed by atoms with Crippen LogP contribution in [0.3, 0.4) is 0 Å². The SMILES string of the molecule is Nc1cccn2nc(CC3CCSC3)nc12. The van der Waals surface area contributed by atoms with Crippen LogP contribution < -0.4 is 5.73 Å². The van der Waals surface area contributed by atoms with E-state index in [0.29, 0.717) is 5.69 Å². The van der Waals surface area contributed by atoms with Crippen LogP contribution in [0.25, 0.3) is 5.65 Å². The van der Waals surface area contributed by atoms with Gasteiger partial charge in [-0.1, -0.05) is 0 Å². The summed E-state index contributed by atoms with van der Waals surface area (Å²) in [5.41, 5.74) is 7.33. The third-order valence-electron chi connectivity index (χ3n) is 2.93. The highest BCUT2D eigenvalue weighted by Gasteiger charge is 2.18.